The molecule has 2 aromatic carbocycles. The van der Waals surface area contributed by atoms with Crippen LogP contribution < -0.4 is 15.4 Å². The molecule has 0 amide bonds. The number of aliphatic hydroxyl groups excluding tert-OH is 1. The Morgan fingerprint density at radius 3 is 2.67 bits per heavy atom. The monoisotopic (exact) mass is 331 g/mol. The van der Waals surface area contributed by atoms with Crippen LogP contribution in [0.3, 0.4) is 0 Å². The number of rotatable bonds is 7. The average Bonchev–Trinajstić information content (AvgIpc) is 2.63. The molecule has 128 valence electrons. The molecule has 0 fully saturated rings. The molecule has 5 nitrogen and oxygen atoms in total. The zero-order valence-corrected chi connectivity index (χ0v) is 13.6. The van der Waals surface area contributed by atoms with Crippen molar-refractivity contribution in [3.63, 3.8) is 0 Å². The highest BCUT2D eigenvalue weighted by Gasteiger charge is 2.03. The molecule has 0 aromatic heterocycles. The minimum Gasteiger partial charge on any atom is -0.492 e. The van der Waals surface area contributed by atoms with Gasteiger partial charge in [-0.25, -0.2) is 4.39 Å². The van der Waals surface area contributed by atoms with Crippen LogP contribution in [0.25, 0.3) is 0 Å². The van der Waals surface area contributed by atoms with Gasteiger partial charge >= 0.3 is 0 Å². The molecule has 0 heterocycles. The molecule has 24 heavy (non-hydrogen) atoms. The van der Waals surface area contributed by atoms with Gasteiger partial charge in [0.05, 0.1) is 13.2 Å². The summed E-state index contributed by atoms with van der Waals surface area (Å²) in [7, 11) is 1.68. The summed E-state index contributed by atoms with van der Waals surface area (Å²) in [4.78, 5) is 4.12. The van der Waals surface area contributed by atoms with Gasteiger partial charge in [0, 0.05) is 19.2 Å². The molecule has 6 heteroatoms. The smallest absolute Gasteiger partial charge is 0.191 e. The Kier molecular flexibility index (Phi) is 7.04. The van der Waals surface area contributed by atoms with Crippen LogP contribution in [0.2, 0.25) is 0 Å². The number of para-hydroxylation sites is 1. The van der Waals surface area contributed by atoms with Crippen LogP contribution in [0, 0.1) is 5.82 Å². The summed E-state index contributed by atoms with van der Waals surface area (Å²) in [5.41, 5.74) is 1.15. The Hall–Kier alpha value is -2.60. The van der Waals surface area contributed by atoms with Crippen LogP contribution in [0.15, 0.2) is 53.5 Å². The first-order chi connectivity index (χ1) is 11.7. The van der Waals surface area contributed by atoms with E-state index in [4.69, 9.17) is 9.84 Å². The molecule has 2 aromatic rings. The fourth-order valence-electron chi connectivity index (χ4n) is 2.12. The standard InChI is InChI=1S/C18H22FN3O2/c1-20-18(21-9-10-24-16-5-3-2-4-6-16)22-12-14-7-8-17(19)15(11-14)13-23/h2-8,11,23H,9-10,12-13H2,1H3,(H2,20,21,22). The first kappa shape index (κ1) is 17.7. The first-order valence-electron chi connectivity index (χ1n) is 7.73. The number of ether oxygens (including phenoxy) is 1. The maximum Gasteiger partial charge on any atom is 0.191 e. The zero-order valence-electron chi connectivity index (χ0n) is 13.6. The molecule has 0 saturated carbocycles. The molecule has 0 radical (unpaired) electrons. The van der Waals surface area contributed by atoms with E-state index in [9.17, 15) is 4.39 Å². The Morgan fingerprint density at radius 1 is 1.17 bits per heavy atom. The number of guanidine groups is 1. The van der Waals surface area contributed by atoms with Crippen LogP contribution >= 0.6 is 0 Å². The maximum absolute atomic E-state index is 13.4. The van der Waals surface area contributed by atoms with Gasteiger partial charge < -0.3 is 20.5 Å². The second-order valence-electron chi connectivity index (χ2n) is 5.10. The fraction of sp³-hybridized carbons (Fsp3) is 0.278. The molecular weight excluding hydrogens is 309 g/mol. The Balaban J connectivity index is 1.74. The van der Waals surface area contributed by atoms with E-state index in [-0.39, 0.29) is 12.2 Å². The lowest BCUT2D eigenvalue weighted by Gasteiger charge is -2.13. The fourth-order valence-corrected chi connectivity index (χ4v) is 2.12. The van der Waals surface area contributed by atoms with Crippen LogP contribution in [0.4, 0.5) is 4.39 Å². The van der Waals surface area contributed by atoms with E-state index in [2.05, 4.69) is 15.6 Å². The molecule has 0 bridgehead atoms. The quantitative estimate of drug-likeness (QED) is 0.413. The number of nitrogens with zero attached hydrogens (tertiary/aromatic N) is 1. The number of benzene rings is 2. The van der Waals surface area contributed by atoms with E-state index in [0.717, 1.165) is 11.3 Å². The second kappa shape index (κ2) is 9.52. The molecule has 0 saturated heterocycles. The third kappa shape index (κ3) is 5.55. The molecule has 0 aliphatic carbocycles. The third-order valence-corrected chi connectivity index (χ3v) is 3.37. The summed E-state index contributed by atoms with van der Waals surface area (Å²) < 4.78 is 18.9. The zero-order chi connectivity index (χ0) is 17.2. The predicted molar refractivity (Wildman–Crippen MR) is 92.5 cm³/mol. The van der Waals surface area contributed by atoms with Crippen molar-refractivity contribution in [2.75, 3.05) is 20.2 Å². The summed E-state index contributed by atoms with van der Waals surface area (Å²) in [6, 6.07) is 14.3. The normalized spacial score (nSPS) is 11.2. The van der Waals surface area contributed by atoms with Gasteiger partial charge in [-0.05, 0) is 29.8 Å². The molecule has 3 N–H and O–H groups in total. The summed E-state index contributed by atoms with van der Waals surface area (Å²) in [5.74, 6) is 1.05. The number of halogens is 1. The van der Waals surface area contributed by atoms with Crippen molar-refractivity contribution >= 4 is 5.96 Å². The minimum absolute atomic E-state index is 0.286. The largest absolute Gasteiger partial charge is 0.492 e. The van der Waals surface area contributed by atoms with Gasteiger partial charge in [-0.2, -0.15) is 0 Å². The Bertz CT molecular complexity index is 663. The number of aliphatic imine (C=N–C) groups is 1. The van der Waals surface area contributed by atoms with E-state index in [1.54, 1.807) is 19.2 Å². The topological polar surface area (TPSA) is 65.9 Å². The lowest BCUT2D eigenvalue weighted by atomic mass is 10.1. The van der Waals surface area contributed by atoms with Crippen molar-refractivity contribution in [1.82, 2.24) is 10.6 Å². The van der Waals surface area contributed by atoms with Crippen LogP contribution in [0.1, 0.15) is 11.1 Å². The summed E-state index contributed by atoms with van der Waals surface area (Å²) in [5, 5.41) is 15.4. The molecule has 2 rings (SSSR count). The van der Waals surface area contributed by atoms with Crippen LogP contribution in [-0.2, 0) is 13.2 Å². The van der Waals surface area contributed by atoms with Gasteiger partial charge in [-0.15, -0.1) is 0 Å². The van der Waals surface area contributed by atoms with E-state index in [1.165, 1.54) is 6.07 Å². The van der Waals surface area contributed by atoms with Gasteiger partial charge in [-0.3, -0.25) is 4.99 Å². The first-order valence-corrected chi connectivity index (χ1v) is 7.73. The Morgan fingerprint density at radius 2 is 1.96 bits per heavy atom. The SMILES string of the molecule is CN=C(NCCOc1ccccc1)NCc1ccc(F)c(CO)c1. The average molecular weight is 331 g/mol. The number of nitrogens with one attached hydrogen (secondary N) is 2. The molecule has 0 unspecified atom stereocenters. The Labute approximate surface area is 141 Å². The van der Waals surface area contributed by atoms with E-state index in [1.807, 2.05) is 30.3 Å². The highest BCUT2D eigenvalue weighted by atomic mass is 19.1. The predicted octanol–water partition coefficient (Wildman–Crippen LogP) is 2.06. The van der Waals surface area contributed by atoms with Crippen molar-refractivity contribution in [3.05, 3.63) is 65.5 Å². The van der Waals surface area contributed by atoms with E-state index < -0.39 is 5.82 Å². The number of aliphatic hydroxyl groups is 1. The third-order valence-electron chi connectivity index (χ3n) is 3.37. The van der Waals surface area contributed by atoms with Gasteiger partial charge in [0.25, 0.3) is 0 Å². The summed E-state index contributed by atoms with van der Waals surface area (Å²) in [6.45, 7) is 1.27. The van der Waals surface area contributed by atoms with Gasteiger partial charge in [-0.1, -0.05) is 24.3 Å². The molecule has 0 aliphatic rings. The number of hydrogen-bond acceptors (Lipinski definition) is 3. The van der Waals surface area contributed by atoms with Crippen molar-refractivity contribution in [3.8, 4) is 5.75 Å². The summed E-state index contributed by atoms with van der Waals surface area (Å²) in [6.07, 6.45) is 0. The van der Waals surface area contributed by atoms with Crippen molar-refractivity contribution in [1.29, 1.82) is 0 Å². The van der Waals surface area contributed by atoms with Gasteiger partial charge in [0.2, 0.25) is 0 Å². The highest BCUT2D eigenvalue weighted by Crippen LogP contribution is 2.10. The van der Waals surface area contributed by atoms with Crippen LogP contribution in [0.5, 0.6) is 5.75 Å². The second-order valence-corrected chi connectivity index (χ2v) is 5.10. The maximum atomic E-state index is 13.4. The van der Waals surface area contributed by atoms with Crippen molar-refractivity contribution in [2.24, 2.45) is 4.99 Å². The van der Waals surface area contributed by atoms with Crippen molar-refractivity contribution in [2.45, 2.75) is 13.2 Å². The van der Waals surface area contributed by atoms with E-state index in [0.29, 0.717) is 25.7 Å². The molecule has 0 aliphatic heterocycles. The number of hydrogen-bond donors (Lipinski definition) is 3. The highest BCUT2D eigenvalue weighted by molar-refractivity contribution is 5.79. The molecular formula is C18H22FN3O2. The lowest BCUT2D eigenvalue weighted by Crippen LogP contribution is -2.38. The van der Waals surface area contributed by atoms with Gasteiger partial charge in [0.1, 0.15) is 18.2 Å². The van der Waals surface area contributed by atoms with Crippen LogP contribution in [-0.4, -0.2) is 31.3 Å². The van der Waals surface area contributed by atoms with Gasteiger partial charge in [0.15, 0.2) is 5.96 Å². The molecule has 0 spiro atoms. The minimum atomic E-state index is -0.401. The lowest BCUT2D eigenvalue weighted by molar-refractivity contribution is 0.275. The summed E-state index contributed by atoms with van der Waals surface area (Å²) >= 11 is 0. The molecule has 0 atom stereocenters. The van der Waals surface area contributed by atoms with Crippen molar-refractivity contribution < 1.29 is 14.2 Å². The van der Waals surface area contributed by atoms with E-state index >= 15 is 0 Å².